The smallest absolute Gasteiger partial charge is 0.228 e. The molecule has 0 atom stereocenters. The monoisotopic (exact) mass is 267 g/mol. The Morgan fingerprint density at radius 2 is 1.85 bits per heavy atom. The molecule has 0 aliphatic carbocycles. The number of anilines is 2. The van der Waals surface area contributed by atoms with Gasteiger partial charge in [0.1, 0.15) is 0 Å². The van der Waals surface area contributed by atoms with Crippen molar-refractivity contribution in [3.05, 3.63) is 59.2 Å². The quantitative estimate of drug-likeness (QED) is 0.796. The summed E-state index contributed by atoms with van der Waals surface area (Å²) in [6.07, 6.45) is 0.468. The summed E-state index contributed by atoms with van der Waals surface area (Å²) < 4.78 is 0. The van der Waals surface area contributed by atoms with Crippen molar-refractivity contribution in [2.45, 2.75) is 19.5 Å². The van der Waals surface area contributed by atoms with E-state index in [1.165, 1.54) is 5.56 Å². The van der Waals surface area contributed by atoms with Gasteiger partial charge in [0.15, 0.2) is 0 Å². The molecule has 0 spiro atoms. The molecule has 0 saturated heterocycles. The first-order chi connectivity index (χ1) is 9.74. The summed E-state index contributed by atoms with van der Waals surface area (Å²) in [6.45, 7) is 1.32. The molecule has 0 aromatic heterocycles. The molecule has 0 bridgehead atoms. The normalized spacial score (nSPS) is 12.9. The highest BCUT2D eigenvalue weighted by molar-refractivity contribution is 5.99. The maximum atomic E-state index is 11.3. The van der Waals surface area contributed by atoms with Gasteiger partial charge < -0.3 is 16.4 Å². The Bertz CT molecular complexity index is 635. The zero-order chi connectivity index (χ0) is 13.9. The van der Waals surface area contributed by atoms with Crippen LogP contribution in [0.25, 0.3) is 0 Å². The zero-order valence-electron chi connectivity index (χ0n) is 11.1. The summed E-state index contributed by atoms with van der Waals surface area (Å²) in [5.74, 6) is 0.0644. The van der Waals surface area contributed by atoms with Crippen molar-refractivity contribution in [1.82, 2.24) is 0 Å². The van der Waals surface area contributed by atoms with Gasteiger partial charge in [0.25, 0.3) is 0 Å². The molecule has 1 heterocycles. The lowest BCUT2D eigenvalue weighted by Crippen LogP contribution is -2.03. The molecule has 2 aromatic carbocycles. The van der Waals surface area contributed by atoms with Crippen LogP contribution in [-0.4, -0.2) is 5.91 Å². The molecule has 0 unspecified atom stereocenters. The van der Waals surface area contributed by atoms with E-state index in [1.807, 2.05) is 30.3 Å². The molecular weight excluding hydrogens is 250 g/mol. The highest BCUT2D eigenvalue weighted by Crippen LogP contribution is 2.26. The molecule has 1 amide bonds. The molecule has 0 saturated carbocycles. The average Bonchev–Trinajstić information content (AvgIpc) is 2.85. The minimum absolute atomic E-state index is 0.0644. The van der Waals surface area contributed by atoms with Crippen LogP contribution in [0.2, 0.25) is 0 Å². The Kier molecular flexibility index (Phi) is 3.39. The number of fused-ring (bicyclic) bond motifs is 1. The van der Waals surface area contributed by atoms with Gasteiger partial charge in [-0.2, -0.15) is 0 Å². The summed E-state index contributed by atoms with van der Waals surface area (Å²) in [5, 5.41) is 6.21. The van der Waals surface area contributed by atoms with Crippen molar-refractivity contribution in [2.24, 2.45) is 5.73 Å². The summed E-state index contributed by atoms with van der Waals surface area (Å²) in [5.41, 5.74) is 10.9. The molecule has 3 rings (SSSR count). The number of amides is 1. The third-order valence-corrected chi connectivity index (χ3v) is 3.49. The van der Waals surface area contributed by atoms with E-state index >= 15 is 0 Å². The highest BCUT2D eigenvalue weighted by atomic mass is 16.1. The standard InChI is InChI=1S/C16H17N3O/c17-9-11-1-3-12(4-2-11)10-18-14-5-6-15-13(7-14)8-16(20)19-15/h1-7,18H,8-10,17H2,(H,19,20). The summed E-state index contributed by atoms with van der Waals surface area (Å²) >= 11 is 0. The lowest BCUT2D eigenvalue weighted by atomic mass is 10.1. The van der Waals surface area contributed by atoms with Gasteiger partial charge in [-0.05, 0) is 34.9 Å². The average molecular weight is 267 g/mol. The van der Waals surface area contributed by atoms with Gasteiger partial charge in [0.05, 0.1) is 6.42 Å². The molecule has 4 N–H and O–H groups in total. The number of nitrogens with one attached hydrogen (secondary N) is 2. The largest absolute Gasteiger partial charge is 0.381 e. The van der Waals surface area contributed by atoms with Gasteiger partial charge in [0.2, 0.25) is 5.91 Å². The second-order valence-electron chi connectivity index (χ2n) is 4.97. The molecule has 1 aliphatic rings. The van der Waals surface area contributed by atoms with Crippen LogP contribution in [0.4, 0.5) is 11.4 Å². The van der Waals surface area contributed by atoms with Gasteiger partial charge in [-0.3, -0.25) is 4.79 Å². The first kappa shape index (κ1) is 12.7. The van der Waals surface area contributed by atoms with E-state index in [0.717, 1.165) is 29.0 Å². The summed E-state index contributed by atoms with van der Waals surface area (Å²) in [4.78, 5) is 11.3. The number of hydrogen-bond acceptors (Lipinski definition) is 3. The SMILES string of the molecule is NCc1ccc(CNc2ccc3c(c2)CC(=O)N3)cc1. The number of nitrogens with two attached hydrogens (primary N) is 1. The van der Waals surface area contributed by atoms with Crippen molar-refractivity contribution < 1.29 is 4.79 Å². The van der Waals surface area contributed by atoms with E-state index in [-0.39, 0.29) is 5.91 Å². The third kappa shape index (κ3) is 2.65. The summed E-state index contributed by atoms with van der Waals surface area (Å²) in [6, 6.07) is 14.2. The topological polar surface area (TPSA) is 67.1 Å². The van der Waals surface area contributed by atoms with Gasteiger partial charge in [-0.1, -0.05) is 24.3 Å². The molecule has 0 fully saturated rings. The molecule has 4 nitrogen and oxygen atoms in total. The minimum Gasteiger partial charge on any atom is -0.381 e. The fourth-order valence-electron chi connectivity index (χ4n) is 2.34. The van der Waals surface area contributed by atoms with Crippen molar-refractivity contribution >= 4 is 17.3 Å². The Labute approximate surface area is 118 Å². The number of hydrogen-bond donors (Lipinski definition) is 3. The van der Waals surface area contributed by atoms with Crippen molar-refractivity contribution in [1.29, 1.82) is 0 Å². The van der Waals surface area contributed by atoms with Gasteiger partial charge in [-0.25, -0.2) is 0 Å². The number of carbonyl (C=O) groups excluding carboxylic acids is 1. The second kappa shape index (κ2) is 5.35. The first-order valence-electron chi connectivity index (χ1n) is 6.69. The molecular formula is C16H17N3O. The highest BCUT2D eigenvalue weighted by Gasteiger charge is 2.17. The van der Waals surface area contributed by atoms with E-state index in [1.54, 1.807) is 0 Å². The Morgan fingerprint density at radius 1 is 1.10 bits per heavy atom. The predicted octanol–water partition coefficient (Wildman–Crippen LogP) is 2.25. The van der Waals surface area contributed by atoms with Crippen LogP contribution in [0.3, 0.4) is 0 Å². The third-order valence-electron chi connectivity index (χ3n) is 3.49. The van der Waals surface area contributed by atoms with Crippen LogP contribution in [0.15, 0.2) is 42.5 Å². The Morgan fingerprint density at radius 3 is 2.60 bits per heavy atom. The van der Waals surface area contributed by atoms with Crippen LogP contribution in [0.5, 0.6) is 0 Å². The fraction of sp³-hybridized carbons (Fsp3) is 0.188. The van der Waals surface area contributed by atoms with Crippen LogP contribution in [0, 0.1) is 0 Å². The summed E-state index contributed by atoms with van der Waals surface area (Å²) in [7, 11) is 0. The lowest BCUT2D eigenvalue weighted by molar-refractivity contribution is -0.115. The maximum Gasteiger partial charge on any atom is 0.228 e. The second-order valence-corrected chi connectivity index (χ2v) is 4.97. The van der Waals surface area contributed by atoms with Crippen LogP contribution >= 0.6 is 0 Å². The lowest BCUT2D eigenvalue weighted by Gasteiger charge is -2.08. The first-order valence-corrected chi connectivity index (χ1v) is 6.69. The Balaban J connectivity index is 1.66. The van der Waals surface area contributed by atoms with Crippen LogP contribution < -0.4 is 16.4 Å². The fourth-order valence-corrected chi connectivity index (χ4v) is 2.34. The van der Waals surface area contributed by atoms with E-state index in [2.05, 4.69) is 22.8 Å². The van der Waals surface area contributed by atoms with E-state index < -0.39 is 0 Å². The van der Waals surface area contributed by atoms with E-state index in [4.69, 9.17) is 5.73 Å². The van der Waals surface area contributed by atoms with Crippen molar-refractivity contribution in [3.8, 4) is 0 Å². The van der Waals surface area contributed by atoms with Gasteiger partial charge >= 0.3 is 0 Å². The maximum absolute atomic E-state index is 11.3. The number of carbonyl (C=O) groups is 1. The van der Waals surface area contributed by atoms with Crippen molar-refractivity contribution in [2.75, 3.05) is 10.6 Å². The molecule has 20 heavy (non-hydrogen) atoms. The molecule has 4 heteroatoms. The molecule has 2 aromatic rings. The number of rotatable bonds is 4. The molecule has 1 aliphatic heterocycles. The van der Waals surface area contributed by atoms with Gasteiger partial charge in [-0.15, -0.1) is 0 Å². The van der Waals surface area contributed by atoms with Crippen LogP contribution in [-0.2, 0) is 24.3 Å². The molecule has 0 radical (unpaired) electrons. The van der Waals surface area contributed by atoms with Crippen molar-refractivity contribution in [3.63, 3.8) is 0 Å². The Hall–Kier alpha value is -2.33. The predicted molar refractivity (Wildman–Crippen MR) is 80.4 cm³/mol. The number of benzene rings is 2. The minimum atomic E-state index is 0.0644. The van der Waals surface area contributed by atoms with Gasteiger partial charge in [0, 0.05) is 24.5 Å². The zero-order valence-corrected chi connectivity index (χ0v) is 11.1. The van der Waals surface area contributed by atoms with E-state index in [9.17, 15) is 4.79 Å². The van der Waals surface area contributed by atoms with Crippen LogP contribution in [0.1, 0.15) is 16.7 Å². The molecule has 102 valence electrons. The van der Waals surface area contributed by atoms with E-state index in [0.29, 0.717) is 13.0 Å².